The second-order valence-corrected chi connectivity index (χ2v) is 4.06. The summed E-state index contributed by atoms with van der Waals surface area (Å²) in [5.41, 5.74) is 3.01. The standard InChI is InChI=1S/C12H12N2O3/c1-17-12(16)9-4-7-6-2-3-13-8(6)5-10(15)11(7)14-9/h4-5,13-15H,2-3H2,1H3. The molecule has 1 aromatic heterocycles. The number of methoxy groups -OCH3 is 1. The number of carbonyl (C=O) groups is 1. The van der Waals surface area contributed by atoms with E-state index in [0.717, 1.165) is 29.6 Å². The van der Waals surface area contributed by atoms with Gasteiger partial charge < -0.3 is 20.1 Å². The zero-order chi connectivity index (χ0) is 12.0. The first kappa shape index (κ1) is 10.0. The topological polar surface area (TPSA) is 74.3 Å². The van der Waals surface area contributed by atoms with Gasteiger partial charge in [0.1, 0.15) is 11.4 Å². The van der Waals surface area contributed by atoms with Crippen molar-refractivity contribution in [1.29, 1.82) is 0 Å². The summed E-state index contributed by atoms with van der Waals surface area (Å²) in [7, 11) is 1.33. The summed E-state index contributed by atoms with van der Waals surface area (Å²) in [6, 6.07) is 3.41. The first-order chi connectivity index (χ1) is 8.20. The summed E-state index contributed by atoms with van der Waals surface area (Å²) in [6.07, 6.45) is 0.893. The SMILES string of the molecule is COC(=O)c1cc2c3c(cc(O)c2[nH]1)NCC3. The Hall–Kier alpha value is -2.17. The zero-order valence-corrected chi connectivity index (χ0v) is 9.33. The van der Waals surface area contributed by atoms with Crippen LogP contribution < -0.4 is 5.32 Å². The Balaban J connectivity index is 2.28. The van der Waals surface area contributed by atoms with Crippen molar-refractivity contribution in [2.45, 2.75) is 6.42 Å². The Morgan fingerprint density at radius 2 is 2.29 bits per heavy atom. The molecule has 3 N–H and O–H groups in total. The Morgan fingerprint density at radius 1 is 1.47 bits per heavy atom. The molecule has 3 rings (SSSR count). The van der Waals surface area contributed by atoms with Gasteiger partial charge in [-0.2, -0.15) is 0 Å². The van der Waals surface area contributed by atoms with Gasteiger partial charge in [0.05, 0.1) is 12.6 Å². The highest BCUT2D eigenvalue weighted by molar-refractivity contribution is 6.00. The highest BCUT2D eigenvalue weighted by Crippen LogP contribution is 2.36. The zero-order valence-electron chi connectivity index (χ0n) is 9.33. The third-order valence-electron chi connectivity index (χ3n) is 3.10. The first-order valence-electron chi connectivity index (χ1n) is 5.40. The van der Waals surface area contributed by atoms with Crippen molar-refractivity contribution in [3.05, 3.63) is 23.4 Å². The molecule has 17 heavy (non-hydrogen) atoms. The summed E-state index contributed by atoms with van der Waals surface area (Å²) in [4.78, 5) is 14.3. The van der Waals surface area contributed by atoms with Crippen molar-refractivity contribution < 1.29 is 14.6 Å². The molecule has 2 heterocycles. The second-order valence-electron chi connectivity index (χ2n) is 4.06. The van der Waals surface area contributed by atoms with Crippen molar-refractivity contribution in [3.63, 3.8) is 0 Å². The van der Waals surface area contributed by atoms with Gasteiger partial charge in [-0.25, -0.2) is 4.79 Å². The molecule has 5 nitrogen and oxygen atoms in total. The van der Waals surface area contributed by atoms with Crippen molar-refractivity contribution in [3.8, 4) is 5.75 Å². The van der Waals surface area contributed by atoms with Crippen LogP contribution in [-0.2, 0) is 11.2 Å². The number of carbonyl (C=O) groups excluding carboxylic acids is 1. The van der Waals surface area contributed by atoms with Gasteiger partial charge in [-0.15, -0.1) is 0 Å². The molecule has 1 aliphatic heterocycles. The van der Waals surface area contributed by atoms with E-state index in [2.05, 4.69) is 15.0 Å². The molecule has 0 saturated heterocycles. The Kier molecular flexibility index (Phi) is 2.01. The quantitative estimate of drug-likeness (QED) is 0.653. The summed E-state index contributed by atoms with van der Waals surface area (Å²) < 4.78 is 4.66. The van der Waals surface area contributed by atoms with E-state index in [4.69, 9.17) is 0 Å². The fraction of sp³-hybridized carbons (Fsp3) is 0.250. The highest BCUT2D eigenvalue weighted by Gasteiger charge is 2.20. The number of H-pyrrole nitrogens is 1. The number of ether oxygens (including phenoxy) is 1. The lowest BCUT2D eigenvalue weighted by Gasteiger charge is -2.02. The minimum absolute atomic E-state index is 0.142. The fourth-order valence-electron chi connectivity index (χ4n) is 2.30. The molecule has 0 aliphatic carbocycles. The van der Waals surface area contributed by atoms with Crippen LogP contribution in [0.4, 0.5) is 5.69 Å². The van der Waals surface area contributed by atoms with E-state index in [1.165, 1.54) is 7.11 Å². The fourth-order valence-corrected chi connectivity index (χ4v) is 2.30. The van der Waals surface area contributed by atoms with Crippen molar-refractivity contribution in [2.24, 2.45) is 0 Å². The van der Waals surface area contributed by atoms with E-state index in [1.54, 1.807) is 12.1 Å². The number of hydrogen-bond donors (Lipinski definition) is 3. The number of aromatic nitrogens is 1. The lowest BCUT2D eigenvalue weighted by atomic mass is 10.1. The van der Waals surface area contributed by atoms with E-state index < -0.39 is 5.97 Å². The third-order valence-corrected chi connectivity index (χ3v) is 3.10. The molecule has 0 unspecified atom stereocenters. The largest absolute Gasteiger partial charge is 0.506 e. The molecule has 1 aromatic carbocycles. The van der Waals surface area contributed by atoms with Gasteiger partial charge in [0.2, 0.25) is 0 Å². The van der Waals surface area contributed by atoms with E-state index in [1.807, 2.05) is 0 Å². The lowest BCUT2D eigenvalue weighted by Crippen LogP contribution is -2.00. The van der Waals surface area contributed by atoms with E-state index in [0.29, 0.717) is 11.2 Å². The van der Waals surface area contributed by atoms with Crippen LogP contribution in [0.1, 0.15) is 16.1 Å². The van der Waals surface area contributed by atoms with Gasteiger partial charge in [-0.3, -0.25) is 0 Å². The van der Waals surface area contributed by atoms with Gasteiger partial charge >= 0.3 is 5.97 Å². The normalized spacial score (nSPS) is 13.5. The number of fused-ring (bicyclic) bond motifs is 3. The van der Waals surface area contributed by atoms with Crippen LogP contribution in [0.25, 0.3) is 10.9 Å². The van der Waals surface area contributed by atoms with Crippen molar-refractivity contribution >= 4 is 22.6 Å². The Bertz CT molecular complexity index is 616. The minimum Gasteiger partial charge on any atom is -0.506 e. The highest BCUT2D eigenvalue weighted by atomic mass is 16.5. The van der Waals surface area contributed by atoms with Crippen LogP contribution in [0.15, 0.2) is 12.1 Å². The average molecular weight is 232 g/mol. The van der Waals surface area contributed by atoms with Crippen LogP contribution in [0.2, 0.25) is 0 Å². The van der Waals surface area contributed by atoms with Crippen LogP contribution in [-0.4, -0.2) is 29.7 Å². The van der Waals surface area contributed by atoms with Crippen LogP contribution in [0, 0.1) is 0 Å². The van der Waals surface area contributed by atoms with Gasteiger partial charge in [0, 0.05) is 23.7 Å². The number of hydrogen-bond acceptors (Lipinski definition) is 4. The van der Waals surface area contributed by atoms with Gasteiger partial charge in [-0.1, -0.05) is 0 Å². The number of phenols is 1. The molecule has 0 atom stereocenters. The average Bonchev–Trinajstić information content (AvgIpc) is 2.92. The minimum atomic E-state index is -0.430. The maximum absolute atomic E-state index is 11.4. The number of benzene rings is 1. The second kappa shape index (κ2) is 3.41. The monoisotopic (exact) mass is 232 g/mol. The van der Waals surface area contributed by atoms with Gasteiger partial charge in [-0.05, 0) is 18.1 Å². The molecule has 1 aliphatic rings. The summed E-state index contributed by atoms with van der Waals surface area (Å²) >= 11 is 0. The van der Waals surface area contributed by atoms with Crippen LogP contribution in [0.3, 0.4) is 0 Å². The van der Waals surface area contributed by atoms with E-state index in [-0.39, 0.29) is 5.75 Å². The van der Waals surface area contributed by atoms with E-state index in [9.17, 15) is 9.90 Å². The molecule has 88 valence electrons. The molecule has 2 aromatic rings. The van der Waals surface area contributed by atoms with Gasteiger partial charge in [0.15, 0.2) is 0 Å². The predicted octanol–water partition coefficient (Wildman–Crippen LogP) is 1.63. The Labute approximate surface area is 97.4 Å². The molecule has 0 saturated carbocycles. The van der Waals surface area contributed by atoms with Crippen molar-refractivity contribution in [2.75, 3.05) is 19.0 Å². The smallest absolute Gasteiger partial charge is 0.354 e. The number of rotatable bonds is 1. The maximum atomic E-state index is 11.4. The van der Waals surface area contributed by atoms with Crippen LogP contribution in [0.5, 0.6) is 5.75 Å². The number of aromatic amines is 1. The van der Waals surface area contributed by atoms with Crippen molar-refractivity contribution in [1.82, 2.24) is 4.98 Å². The molecule has 0 bridgehead atoms. The molecule has 0 amide bonds. The first-order valence-corrected chi connectivity index (χ1v) is 5.40. The number of anilines is 1. The molecule has 5 heteroatoms. The third kappa shape index (κ3) is 1.35. The molecular weight excluding hydrogens is 220 g/mol. The number of nitrogens with one attached hydrogen (secondary N) is 2. The predicted molar refractivity (Wildman–Crippen MR) is 63.5 cm³/mol. The molecule has 0 fully saturated rings. The number of esters is 1. The summed E-state index contributed by atoms with van der Waals surface area (Å²) in [5, 5.41) is 14.0. The lowest BCUT2D eigenvalue weighted by molar-refractivity contribution is 0.0595. The van der Waals surface area contributed by atoms with Crippen LogP contribution >= 0.6 is 0 Å². The summed E-state index contributed by atoms with van der Waals surface area (Å²) in [6.45, 7) is 0.854. The molecule has 0 radical (unpaired) electrons. The molecular formula is C12H12N2O3. The number of aromatic hydroxyl groups is 1. The number of phenolic OH excluding ortho intramolecular Hbond substituents is 1. The summed E-state index contributed by atoms with van der Waals surface area (Å²) in [5.74, 6) is -0.288. The van der Waals surface area contributed by atoms with Gasteiger partial charge in [0.25, 0.3) is 0 Å². The Morgan fingerprint density at radius 3 is 3.06 bits per heavy atom. The maximum Gasteiger partial charge on any atom is 0.354 e. The molecule has 0 spiro atoms. The van der Waals surface area contributed by atoms with E-state index >= 15 is 0 Å².